The molecule has 0 atom stereocenters. The van der Waals surface area contributed by atoms with Crippen LogP contribution in [-0.2, 0) is 6.61 Å². The molecule has 4 nitrogen and oxygen atoms in total. The van der Waals surface area contributed by atoms with Crippen molar-refractivity contribution in [3.63, 3.8) is 0 Å². The van der Waals surface area contributed by atoms with Crippen LogP contribution in [0.1, 0.15) is 5.56 Å². The van der Waals surface area contributed by atoms with Crippen molar-refractivity contribution in [2.45, 2.75) is 6.61 Å². The van der Waals surface area contributed by atoms with Crippen LogP contribution in [0.3, 0.4) is 0 Å². The van der Waals surface area contributed by atoms with Gasteiger partial charge in [-0.05, 0) is 41.0 Å². The fourth-order valence-corrected chi connectivity index (χ4v) is 3.50. The zero-order valence-corrected chi connectivity index (χ0v) is 14.6. The monoisotopic (exact) mass is 351 g/mol. The van der Waals surface area contributed by atoms with Crippen LogP contribution in [-0.4, -0.2) is 19.6 Å². The predicted molar refractivity (Wildman–Crippen MR) is 108 cm³/mol. The number of aromatic nitrogens is 3. The van der Waals surface area contributed by atoms with E-state index in [0.717, 1.165) is 38.8 Å². The van der Waals surface area contributed by atoms with E-state index >= 15 is 0 Å². The molecule has 5 aromatic rings. The van der Waals surface area contributed by atoms with Gasteiger partial charge in [0, 0.05) is 11.1 Å². The summed E-state index contributed by atoms with van der Waals surface area (Å²) < 4.78 is 2.06. The molecule has 0 saturated heterocycles. The fourth-order valence-electron chi connectivity index (χ4n) is 3.50. The molecular weight excluding hydrogens is 334 g/mol. The minimum Gasteiger partial charge on any atom is -0.392 e. The summed E-state index contributed by atoms with van der Waals surface area (Å²) >= 11 is 0. The number of nitrogens with zero attached hydrogens (tertiary/aromatic N) is 3. The third-order valence-electron chi connectivity index (χ3n) is 4.85. The molecule has 0 aliphatic heterocycles. The molecule has 0 amide bonds. The van der Waals surface area contributed by atoms with Crippen LogP contribution in [0.25, 0.3) is 38.8 Å². The normalized spacial score (nSPS) is 11.3. The van der Waals surface area contributed by atoms with Gasteiger partial charge in [-0.1, -0.05) is 48.5 Å². The highest BCUT2D eigenvalue weighted by molar-refractivity contribution is 6.04. The molecule has 0 radical (unpaired) electrons. The molecule has 0 aliphatic carbocycles. The number of imidazole rings is 1. The molecule has 0 spiro atoms. The van der Waals surface area contributed by atoms with Gasteiger partial charge < -0.3 is 5.11 Å². The third-order valence-corrected chi connectivity index (χ3v) is 4.85. The second-order valence-corrected chi connectivity index (χ2v) is 6.53. The Morgan fingerprint density at radius 1 is 0.778 bits per heavy atom. The first kappa shape index (κ1) is 15.7. The van der Waals surface area contributed by atoms with E-state index in [-0.39, 0.29) is 6.61 Å². The van der Waals surface area contributed by atoms with Gasteiger partial charge >= 0.3 is 0 Å². The third kappa shape index (κ3) is 2.67. The lowest BCUT2D eigenvalue weighted by Gasteiger charge is -2.09. The Labute approximate surface area is 156 Å². The summed E-state index contributed by atoms with van der Waals surface area (Å²) in [4.78, 5) is 9.11. The second-order valence-electron chi connectivity index (χ2n) is 6.53. The molecule has 2 heterocycles. The fraction of sp³-hybridized carbons (Fsp3) is 0.0435. The van der Waals surface area contributed by atoms with Crippen LogP contribution in [0.4, 0.5) is 0 Å². The van der Waals surface area contributed by atoms with Crippen molar-refractivity contribution in [1.29, 1.82) is 0 Å². The molecule has 0 saturated carbocycles. The molecule has 0 unspecified atom stereocenters. The number of hydrogen-bond donors (Lipinski definition) is 1. The van der Waals surface area contributed by atoms with Crippen molar-refractivity contribution in [3.8, 4) is 16.8 Å². The second kappa shape index (κ2) is 6.34. The Hall–Kier alpha value is -3.50. The molecule has 0 fully saturated rings. The van der Waals surface area contributed by atoms with Crippen LogP contribution in [0.2, 0.25) is 0 Å². The Bertz CT molecular complexity index is 1260. The van der Waals surface area contributed by atoms with Crippen molar-refractivity contribution in [3.05, 3.63) is 90.9 Å². The summed E-state index contributed by atoms with van der Waals surface area (Å²) in [5.41, 5.74) is 6.97. The van der Waals surface area contributed by atoms with Gasteiger partial charge in [-0.2, -0.15) is 0 Å². The molecule has 130 valence electrons. The summed E-state index contributed by atoms with van der Waals surface area (Å²) in [7, 11) is 0. The van der Waals surface area contributed by atoms with Crippen molar-refractivity contribution >= 4 is 21.9 Å². The van der Waals surface area contributed by atoms with Gasteiger partial charge in [0.25, 0.3) is 0 Å². The number of aliphatic hydroxyl groups is 1. The molecule has 5 rings (SSSR count). The number of pyridine rings is 1. The maximum absolute atomic E-state index is 9.47. The summed E-state index contributed by atoms with van der Waals surface area (Å²) in [6.45, 7) is 0.0148. The minimum atomic E-state index is 0.0148. The van der Waals surface area contributed by atoms with Crippen LogP contribution >= 0.6 is 0 Å². The summed E-state index contributed by atoms with van der Waals surface area (Å²) in [6.07, 6.45) is 3.63. The highest BCUT2D eigenvalue weighted by Crippen LogP contribution is 2.30. The largest absolute Gasteiger partial charge is 0.392 e. The molecule has 27 heavy (non-hydrogen) atoms. The van der Waals surface area contributed by atoms with Gasteiger partial charge in [-0.3, -0.25) is 9.55 Å². The highest BCUT2D eigenvalue weighted by Gasteiger charge is 2.11. The van der Waals surface area contributed by atoms with E-state index in [4.69, 9.17) is 0 Å². The smallest absolute Gasteiger partial charge is 0.108 e. The van der Waals surface area contributed by atoms with Crippen molar-refractivity contribution in [2.75, 3.05) is 0 Å². The zero-order chi connectivity index (χ0) is 18.2. The lowest BCUT2D eigenvalue weighted by molar-refractivity contribution is 0.282. The van der Waals surface area contributed by atoms with Crippen LogP contribution in [0.15, 0.2) is 85.3 Å². The summed E-state index contributed by atoms with van der Waals surface area (Å²) in [6, 6.07) is 24.5. The van der Waals surface area contributed by atoms with Crippen molar-refractivity contribution in [2.24, 2.45) is 0 Å². The first-order valence-corrected chi connectivity index (χ1v) is 8.85. The molecule has 0 aliphatic rings. The van der Waals surface area contributed by atoms with E-state index in [1.807, 2.05) is 55.0 Å². The number of rotatable bonds is 3. The van der Waals surface area contributed by atoms with Crippen LogP contribution in [0, 0.1) is 0 Å². The van der Waals surface area contributed by atoms with Crippen LogP contribution in [0.5, 0.6) is 0 Å². The minimum absolute atomic E-state index is 0.0148. The van der Waals surface area contributed by atoms with Gasteiger partial charge in [0.2, 0.25) is 0 Å². The average molecular weight is 351 g/mol. The van der Waals surface area contributed by atoms with Gasteiger partial charge in [0.15, 0.2) is 0 Å². The average Bonchev–Trinajstić information content (AvgIpc) is 3.19. The number of aliphatic hydroxyl groups excluding tert-OH is 1. The lowest BCUT2D eigenvalue weighted by Crippen LogP contribution is -1.95. The standard InChI is InChI=1S/C23H17N3O/c27-14-16-5-4-8-19(11-16)26-15-25-22-13-24-21-10-9-18(12-20(21)23(22)26)17-6-2-1-3-7-17/h1-13,15,27H,14H2. The topological polar surface area (TPSA) is 50.9 Å². The van der Waals surface area contributed by atoms with Crippen molar-refractivity contribution in [1.82, 2.24) is 14.5 Å². The van der Waals surface area contributed by atoms with E-state index in [2.05, 4.69) is 44.9 Å². The molecule has 2 aromatic heterocycles. The Morgan fingerprint density at radius 2 is 1.67 bits per heavy atom. The SMILES string of the molecule is OCc1cccc(-n2cnc3cnc4ccc(-c5ccccc5)cc4c32)c1. The van der Waals surface area contributed by atoms with E-state index < -0.39 is 0 Å². The molecule has 1 N–H and O–H groups in total. The van der Waals surface area contributed by atoms with E-state index in [1.54, 1.807) is 0 Å². The molecule has 3 aromatic carbocycles. The van der Waals surface area contributed by atoms with E-state index in [0.29, 0.717) is 0 Å². The Balaban J connectivity index is 1.79. The van der Waals surface area contributed by atoms with E-state index in [1.165, 1.54) is 5.56 Å². The van der Waals surface area contributed by atoms with Crippen LogP contribution < -0.4 is 0 Å². The summed E-state index contributed by atoms with van der Waals surface area (Å²) in [5.74, 6) is 0. The lowest BCUT2D eigenvalue weighted by atomic mass is 10.0. The van der Waals surface area contributed by atoms with Gasteiger partial charge in [-0.25, -0.2) is 4.98 Å². The molecule has 4 heteroatoms. The zero-order valence-electron chi connectivity index (χ0n) is 14.6. The highest BCUT2D eigenvalue weighted by atomic mass is 16.3. The van der Waals surface area contributed by atoms with Gasteiger partial charge in [0.1, 0.15) is 11.8 Å². The first-order chi connectivity index (χ1) is 13.3. The summed E-state index contributed by atoms with van der Waals surface area (Å²) in [5, 5.41) is 10.5. The number of fused-ring (bicyclic) bond motifs is 3. The maximum Gasteiger partial charge on any atom is 0.108 e. The molecular formula is C23H17N3O. The number of hydrogen-bond acceptors (Lipinski definition) is 3. The number of benzene rings is 3. The maximum atomic E-state index is 9.47. The Morgan fingerprint density at radius 3 is 2.52 bits per heavy atom. The van der Waals surface area contributed by atoms with Gasteiger partial charge in [-0.15, -0.1) is 0 Å². The predicted octanol–water partition coefficient (Wildman–Crippen LogP) is 4.73. The quantitative estimate of drug-likeness (QED) is 0.511. The first-order valence-electron chi connectivity index (χ1n) is 8.85. The molecule has 0 bridgehead atoms. The van der Waals surface area contributed by atoms with Gasteiger partial charge in [0.05, 0.1) is 23.8 Å². The van der Waals surface area contributed by atoms with E-state index in [9.17, 15) is 5.11 Å². The Kier molecular flexibility index (Phi) is 3.69. The van der Waals surface area contributed by atoms with Crippen molar-refractivity contribution < 1.29 is 5.11 Å².